The van der Waals surface area contributed by atoms with Crippen molar-refractivity contribution in [1.82, 2.24) is 0 Å². The Morgan fingerprint density at radius 3 is 2.43 bits per heavy atom. The predicted molar refractivity (Wildman–Crippen MR) is 115 cm³/mol. The van der Waals surface area contributed by atoms with E-state index in [9.17, 15) is 9.18 Å². The number of benzene rings is 3. The lowest BCUT2D eigenvalue weighted by Gasteiger charge is -2.29. The van der Waals surface area contributed by atoms with Crippen LogP contribution in [0.2, 0.25) is 0 Å². The van der Waals surface area contributed by atoms with Crippen molar-refractivity contribution < 1.29 is 18.7 Å². The molecule has 1 aliphatic rings. The molecule has 1 saturated heterocycles. The molecule has 0 aromatic heterocycles. The SMILES string of the molecule is O=C(Nc1ccc(N2CCOCC2)c(F)c1)c1ccc(COc2ccccc2)cc1. The molecule has 3 aromatic rings. The zero-order valence-electron chi connectivity index (χ0n) is 16.5. The quantitative estimate of drug-likeness (QED) is 0.655. The summed E-state index contributed by atoms with van der Waals surface area (Å²) in [7, 11) is 0. The number of rotatable bonds is 6. The first-order valence-corrected chi connectivity index (χ1v) is 9.89. The molecule has 154 valence electrons. The van der Waals surface area contributed by atoms with Gasteiger partial charge in [-0.15, -0.1) is 0 Å². The molecule has 0 saturated carbocycles. The molecule has 1 fully saturated rings. The van der Waals surface area contributed by atoms with Gasteiger partial charge in [0.15, 0.2) is 0 Å². The highest BCUT2D eigenvalue weighted by molar-refractivity contribution is 6.04. The smallest absolute Gasteiger partial charge is 0.255 e. The van der Waals surface area contributed by atoms with Crippen LogP contribution >= 0.6 is 0 Å². The van der Waals surface area contributed by atoms with E-state index in [0.29, 0.717) is 49.8 Å². The molecule has 0 radical (unpaired) electrons. The van der Waals surface area contributed by atoms with E-state index in [2.05, 4.69) is 5.32 Å². The number of carbonyl (C=O) groups excluding carboxylic acids is 1. The maximum Gasteiger partial charge on any atom is 0.255 e. The Kier molecular flexibility index (Phi) is 6.25. The third kappa shape index (κ3) is 4.96. The Morgan fingerprint density at radius 1 is 1.00 bits per heavy atom. The molecule has 0 aliphatic carbocycles. The molecule has 0 spiro atoms. The molecule has 1 N–H and O–H groups in total. The van der Waals surface area contributed by atoms with E-state index in [0.717, 1.165) is 11.3 Å². The lowest BCUT2D eigenvalue weighted by molar-refractivity contribution is 0.102. The summed E-state index contributed by atoms with van der Waals surface area (Å²) in [5.74, 6) is 0.147. The Hall–Kier alpha value is -3.38. The van der Waals surface area contributed by atoms with Crippen LogP contribution in [0, 0.1) is 5.82 Å². The fourth-order valence-electron chi connectivity index (χ4n) is 3.28. The molecule has 0 unspecified atom stereocenters. The fourth-order valence-corrected chi connectivity index (χ4v) is 3.28. The van der Waals surface area contributed by atoms with Crippen molar-refractivity contribution in [1.29, 1.82) is 0 Å². The molecule has 0 bridgehead atoms. The molecule has 3 aromatic carbocycles. The monoisotopic (exact) mass is 406 g/mol. The fraction of sp³-hybridized carbons (Fsp3) is 0.208. The van der Waals surface area contributed by atoms with Gasteiger partial charge in [0.2, 0.25) is 0 Å². The largest absolute Gasteiger partial charge is 0.489 e. The van der Waals surface area contributed by atoms with Crippen LogP contribution in [0.1, 0.15) is 15.9 Å². The van der Waals surface area contributed by atoms with Crippen molar-refractivity contribution in [2.75, 3.05) is 36.5 Å². The van der Waals surface area contributed by atoms with E-state index < -0.39 is 0 Å². The van der Waals surface area contributed by atoms with Gasteiger partial charge in [0.05, 0.1) is 18.9 Å². The number of nitrogens with one attached hydrogen (secondary N) is 1. The van der Waals surface area contributed by atoms with E-state index in [-0.39, 0.29) is 11.7 Å². The molecule has 4 rings (SSSR count). The Balaban J connectivity index is 1.35. The van der Waals surface area contributed by atoms with Crippen LogP contribution in [0.5, 0.6) is 5.75 Å². The molecule has 1 heterocycles. The van der Waals surface area contributed by atoms with Gasteiger partial charge in [0.25, 0.3) is 5.91 Å². The second-order valence-corrected chi connectivity index (χ2v) is 7.02. The van der Waals surface area contributed by atoms with Crippen LogP contribution in [-0.2, 0) is 11.3 Å². The average molecular weight is 406 g/mol. The van der Waals surface area contributed by atoms with Gasteiger partial charge >= 0.3 is 0 Å². The second kappa shape index (κ2) is 9.41. The highest BCUT2D eigenvalue weighted by atomic mass is 19.1. The number of halogens is 1. The van der Waals surface area contributed by atoms with Crippen LogP contribution in [0.4, 0.5) is 15.8 Å². The van der Waals surface area contributed by atoms with E-state index in [1.165, 1.54) is 6.07 Å². The van der Waals surface area contributed by atoms with Gasteiger partial charge in [-0.1, -0.05) is 30.3 Å². The van der Waals surface area contributed by atoms with E-state index >= 15 is 0 Å². The van der Waals surface area contributed by atoms with Crippen LogP contribution in [0.3, 0.4) is 0 Å². The summed E-state index contributed by atoms with van der Waals surface area (Å²) >= 11 is 0. The molecule has 30 heavy (non-hydrogen) atoms. The van der Waals surface area contributed by atoms with Crippen molar-refractivity contribution in [2.45, 2.75) is 6.61 Å². The maximum absolute atomic E-state index is 14.5. The summed E-state index contributed by atoms with van der Waals surface area (Å²) in [6.07, 6.45) is 0. The number of nitrogens with zero attached hydrogens (tertiary/aromatic N) is 1. The predicted octanol–water partition coefficient (Wildman–Crippen LogP) is 4.49. The number of ether oxygens (including phenoxy) is 2. The minimum Gasteiger partial charge on any atom is -0.489 e. The van der Waals surface area contributed by atoms with Gasteiger partial charge in [-0.3, -0.25) is 4.79 Å². The summed E-state index contributed by atoms with van der Waals surface area (Å²) in [4.78, 5) is 14.5. The lowest BCUT2D eigenvalue weighted by Crippen LogP contribution is -2.36. The summed E-state index contributed by atoms with van der Waals surface area (Å²) in [5, 5.41) is 2.75. The summed E-state index contributed by atoms with van der Waals surface area (Å²) in [5.41, 5.74) is 2.40. The van der Waals surface area contributed by atoms with Crippen molar-refractivity contribution in [3.05, 3.63) is 89.7 Å². The van der Waals surface area contributed by atoms with Crippen molar-refractivity contribution in [3.63, 3.8) is 0 Å². The van der Waals surface area contributed by atoms with E-state index in [1.54, 1.807) is 24.3 Å². The molecule has 1 amide bonds. The average Bonchev–Trinajstić information content (AvgIpc) is 2.79. The standard InChI is InChI=1S/C24H23FN2O3/c25-22-16-20(10-11-23(22)27-12-14-29-15-13-27)26-24(28)19-8-6-18(7-9-19)17-30-21-4-2-1-3-5-21/h1-11,16H,12-15,17H2,(H,26,28). The van der Waals surface area contributed by atoms with Crippen LogP contribution in [-0.4, -0.2) is 32.2 Å². The first-order valence-electron chi connectivity index (χ1n) is 9.89. The highest BCUT2D eigenvalue weighted by Crippen LogP contribution is 2.24. The number of carbonyl (C=O) groups is 1. The molecule has 1 aliphatic heterocycles. The van der Waals surface area contributed by atoms with Gasteiger partial charge in [0, 0.05) is 24.3 Å². The summed E-state index contributed by atoms with van der Waals surface area (Å²) in [6.45, 7) is 2.90. The van der Waals surface area contributed by atoms with Crippen LogP contribution in [0.25, 0.3) is 0 Å². The Labute approximate surface area is 175 Å². The maximum atomic E-state index is 14.5. The third-order valence-electron chi connectivity index (χ3n) is 4.92. The number of hydrogen-bond acceptors (Lipinski definition) is 4. The minimum absolute atomic E-state index is 0.288. The number of para-hydroxylation sites is 1. The van der Waals surface area contributed by atoms with E-state index in [1.807, 2.05) is 47.4 Å². The second-order valence-electron chi connectivity index (χ2n) is 7.02. The molecule has 5 nitrogen and oxygen atoms in total. The van der Waals surface area contributed by atoms with Crippen molar-refractivity contribution >= 4 is 17.3 Å². The summed E-state index contributed by atoms with van der Waals surface area (Å²) < 4.78 is 25.5. The summed E-state index contributed by atoms with van der Waals surface area (Å²) in [6, 6.07) is 21.5. The minimum atomic E-state index is -0.358. The first kappa shape index (κ1) is 19.9. The van der Waals surface area contributed by atoms with Crippen LogP contribution in [0.15, 0.2) is 72.8 Å². The van der Waals surface area contributed by atoms with Gasteiger partial charge < -0.3 is 19.7 Å². The third-order valence-corrected chi connectivity index (χ3v) is 4.92. The van der Waals surface area contributed by atoms with Crippen LogP contribution < -0.4 is 15.0 Å². The zero-order valence-corrected chi connectivity index (χ0v) is 16.5. The number of hydrogen-bond donors (Lipinski definition) is 1. The van der Waals surface area contributed by atoms with Gasteiger partial charge in [-0.25, -0.2) is 4.39 Å². The van der Waals surface area contributed by atoms with Crippen molar-refractivity contribution in [3.8, 4) is 5.75 Å². The highest BCUT2D eigenvalue weighted by Gasteiger charge is 2.16. The Bertz CT molecular complexity index is 987. The Morgan fingerprint density at radius 2 is 1.73 bits per heavy atom. The van der Waals surface area contributed by atoms with Crippen molar-refractivity contribution in [2.24, 2.45) is 0 Å². The number of anilines is 2. The molecule has 0 atom stereocenters. The van der Waals surface area contributed by atoms with Gasteiger partial charge in [-0.2, -0.15) is 0 Å². The van der Waals surface area contributed by atoms with Gasteiger partial charge in [-0.05, 0) is 48.0 Å². The number of morpholine rings is 1. The zero-order chi connectivity index (χ0) is 20.8. The molecule has 6 heteroatoms. The molecular formula is C24H23FN2O3. The number of amides is 1. The normalized spacial score (nSPS) is 13.7. The van der Waals surface area contributed by atoms with E-state index in [4.69, 9.17) is 9.47 Å². The topological polar surface area (TPSA) is 50.8 Å². The first-order chi connectivity index (χ1) is 14.7. The lowest BCUT2D eigenvalue weighted by atomic mass is 10.1. The molecular weight excluding hydrogens is 383 g/mol. The van der Waals surface area contributed by atoms with Gasteiger partial charge in [0.1, 0.15) is 18.2 Å².